The second-order valence-corrected chi connectivity index (χ2v) is 6.21. The van der Waals surface area contributed by atoms with Crippen molar-refractivity contribution in [3.63, 3.8) is 0 Å². The molecule has 2 aromatic heterocycles. The van der Waals surface area contributed by atoms with Crippen LogP contribution in [0.25, 0.3) is 10.8 Å². The molecule has 0 bridgehead atoms. The highest BCUT2D eigenvalue weighted by atomic mass is 32.1. The first kappa shape index (κ1) is 16.3. The van der Waals surface area contributed by atoms with Gasteiger partial charge < -0.3 is 14.5 Å². The number of hydrogen-bond donors (Lipinski definition) is 1. The van der Waals surface area contributed by atoms with Crippen LogP contribution in [0.3, 0.4) is 0 Å². The molecule has 0 atom stereocenters. The number of nitrogens with zero attached hydrogens (tertiary/aromatic N) is 1. The van der Waals surface area contributed by atoms with Crippen LogP contribution in [0, 0.1) is 6.92 Å². The van der Waals surface area contributed by atoms with Crippen LogP contribution in [0.2, 0.25) is 0 Å². The molecule has 5 nitrogen and oxygen atoms in total. The van der Waals surface area contributed by atoms with Crippen LogP contribution in [-0.2, 0) is 17.8 Å². The fourth-order valence-electron chi connectivity index (χ4n) is 2.36. The number of para-hydroxylation sites is 1. The van der Waals surface area contributed by atoms with Crippen molar-refractivity contribution in [1.82, 2.24) is 10.3 Å². The van der Waals surface area contributed by atoms with E-state index in [-0.39, 0.29) is 12.3 Å². The Hall–Kier alpha value is -2.60. The van der Waals surface area contributed by atoms with Gasteiger partial charge in [0.2, 0.25) is 11.8 Å². The lowest BCUT2D eigenvalue weighted by Crippen LogP contribution is -2.25. The van der Waals surface area contributed by atoms with Crippen molar-refractivity contribution < 1.29 is 13.9 Å². The van der Waals surface area contributed by atoms with Crippen LogP contribution in [0.1, 0.15) is 17.0 Å². The maximum atomic E-state index is 12.2. The highest BCUT2D eigenvalue weighted by Gasteiger charge is 2.15. The predicted octanol–water partition coefficient (Wildman–Crippen LogP) is 3.58. The van der Waals surface area contributed by atoms with E-state index in [0.29, 0.717) is 23.9 Å². The summed E-state index contributed by atoms with van der Waals surface area (Å²) in [6.07, 6.45) is 0.190. The van der Waals surface area contributed by atoms with Crippen LogP contribution in [0.5, 0.6) is 5.75 Å². The van der Waals surface area contributed by atoms with Crippen molar-refractivity contribution in [2.24, 2.45) is 0 Å². The molecule has 1 N–H and O–H groups in total. The number of thiophene rings is 1. The number of aromatic nitrogens is 1. The van der Waals surface area contributed by atoms with Gasteiger partial charge in [0.1, 0.15) is 11.5 Å². The van der Waals surface area contributed by atoms with Gasteiger partial charge in [-0.15, -0.1) is 11.3 Å². The monoisotopic (exact) mass is 342 g/mol. The molecule has 0 aliphatic heterocycles. The lowest BCUT2D eigenvalue weighted by Gasteiger charge is -2.09. The first-order valence-electron chi connectivity index (χ1n) is 7.56. The molecule has 3 rings (SSSR count). The maximum Gasteiger partial charge on any atom is 0.236 e. The fraction of sp³-hybridized carbons (Fsp3) is 0.222. The highest BCUT2D eigenvalue weighted by Crippen LogP contribution is 2.26. The van der Waals surface area contributed by atoms with Gasteiger partial charge in [-0.25, -0.2) is 4.98 Å². The van der Waals surface area contributed by atoms with E-state index in [1.807, 2.05) is 48.7 Å². The van der Waals surface area contributed by atoms with Gasteiger partial charge in [-0.1, -0.05) is 24.3 Å². The molecule has 0 saturated heterocycles. The summed E-state index contributed by atoms with van der Waals surface area (Å²) >= 11 is 1.56. The lowest BCUT2D eigenvalue weighted by molar-refractivity contribution is -0.120. The van der Waals surface area contributed by atoms with Crippen LogP contribution < -0.4 is 10.1 Å². The number of rotatable bonds is 6. The molecule has 0 saturated carbocycles. The Morgan fingerprint density at radius 1 is 1.29 bits per heavy atom. The van der Waals surface area contributed by atoms with Crippen LogP contribution >= 0.6 is 11.3 Å². The van der Waals surface area contributed by atoms with Gasteiger partial charge in [0.25, 0.3) is 0 Å². The number of ether oxygens (including phenoxy) is 1. The average molecular weight is 342 g/mol. The molecular formula is C18H18N2O3S. The second kappa shape index (κ2) is 7.31. The van der Waals surface area contributed by atoms with E-state index in [9.17, 15) is 4.79 Å². The number of nitrogens with one attached hydrogen (secondary N) is 1. The molecule has 6 heteroatoms. The van der Waals surface area contributed by atoms with E-state index in [1.54, 1.807) is 18.4 Å². The summed E-state index contributed by atoms with van der Waals surface area (Å²) in [5.41, 5.74) is 1.60. The van der Waals surface area contributed by atoms with Gasteiger partial charge in [0.15, 0.2) is 0 Å². The van der Waals surface area contributed by atoms with Crippen molar-refractivity contribution in [2.45, 2.75) is 19.9 Å². The molecule has 0 aliphatic rings. The predicted molar refractivity (Wildman–Crippen MR) is 93.1 cm³/mol. The minimum absolute atomic E-state index is 0.102. The van der Waals surface area contributed by atoms with Crippen molar-refractivity contribution in [3.8, 4) is 16.5 Å². The van der Waals surface area contributed by atoms with Crippen molar-refractivity contribution in [3.05, 3.63) is 58.8 Å². The van der Waals surface area contributed by atoms with Gasteiger partial charge in [-0.3, -0.25) is 4.79 Å². The number of methoxy groups -OCH3 is 1. The van der Waals surface area contributed by atoms with Crippen LogP contribution in [0.4, 0.5) is 0 Å². The number of benzene rings is 1. The summed E-state index contributed by atoms with van der Waals surface area (Å²) in [5.74, 6) is 1.89. The Labute approximate surface area is 144 Å². The topological polar surface area (TPSA) is 64.4 Å². The highest BCUT2D eigenvalue weighted by molar-refractivity contribution is 7.13. The van der Waals surface area contributed by atoms with Crippen molar-refractivity contribution in [1.29, 1.82) is 0 Å². The summed E-state index contributed by atoms with van der Waals surface area (Å²) in [5, 5.41) is 4.86. The third-order valence-electron chi connectivity index (χ3n) is 3.62. The number of hydrogen-bond acceptors (Lipinski definition) is 5. The summed E-state index contributed by atoms with van der Waals surface area (Å²) in [7, 11) is 1.62. The van der Waals surface area contributed by atoms with E-state index in [4.69, 9.17) is 9.15 Å². The van der Waals surface area contributed by atoms with E-state index in [1.165, 1.54) is 0 Å². The zero-order valence-electron chi connectivity index (χ0n) is 13.5. The number of amides is 1. The molecule has 0 aliphatic carbocycles. The van der Waals surface area contributed by atoms with Gasteiger partial charge in [0.05, 0.1) is 24.1 Å². The molecule has 2 heterocycles. The summed E-state index contributed by atoms with van der Waals surface area (Å²) in [6.45, 7) is 2.24. The molecule has 0 spiro atoms. The third-order valence-corrected chi connectivity index (χ3v) is 4.48. The van der Waals surface area contributed by atoms with E-state index in [0.717, 1.165) is 16.2 Å². The Morgan fingerprint density at radius 3 is 2.88 bits per heavy atom. The summed E-state index contributed by atoms with van der Waals surface area (Å²) < 4.78 is 10.9. The molecule has 124 valence electrons. The van der Waals surface area contributed by atoms with Gasteiger partial charge in [-0.2, -0.15) is 0 Å². The standard InChI is InChI=1S/C18H18N2O3S/c1-12-14(20-18(23-12)16-8-5-9-24-16)10-17(21)19-11-13-6-3-4-7-15(13)22-2/h3-9H,10-11H2,1-2H3,(H,19,21). The quantitative estimate of drug-likeness (QED) is 0.744. The molecule has 1 aromatic carbocycles. The van der Waals surface area contributed by atoms with E-state index >= 15 is 0 Å². The third kappa shape index (κ3) is 3.65. The largest absolute Gasteiger partial charge is 0.496 e. The molecule has 1 amide bonds. The summed E-state index contributed by atoms with van der Waals surface area (Å²) in [6, 6.07) is 11.5. The Morgan fingerprint density at radius 2 is 2.12 bits per heavy atom. The summed E-state index contributed by atoms with van der Waals surface area (Å²) in [4.78, 5) is 17.6. The Kier molecular flexibility index (Phi) is 4.96. The number of carbonyl (C=O) groups excluding carboxylic acids is 1. The lowest BCUT2D eigenvalue weighted by atomic mass is 10.2. The first-order valence-corrected chi connectivity index (χ1v) is 8.44. The molecule has 0 radical (unpaired) electrons. The fourth-order valence-corrected chi connectivity index (χ4v) is 3.00. The molecule has 3 aromatic rings. The zero-order chi connectivity index (χ0) is 16.9. The molecule has 0 fully saturated rings. The van der Waals surface area contributed by atoms with Gasteiger partial charge in [-0.05, 0) is 24.4 Å². The normalized spacial score (nSPS) is 10.6. The number of carbonyl (C=O) groups is 1. The molecule has 0 unspecified atom stereocenters. The first-order chi connectivity index (χ1) is 11.7. The SMILES string of the molecule is COc1ccccc1CNC(=O)Cc1nc(-c2cccs2)oc1C. The minimum Gasteiger partial charge on any atom is -0.496 e. The minimum atomic E-state index is -0.102. The maximum absolute atomic E-state index is 12.2. The Balaban J connectivity index is 1.63. The van der Waals surface area contributed by atoms with E-state index < -0.39 is 0 Å². The van der Waals surface area contributed by atoms with E-state index in [2.05, 4.69) is 10.3 Å². The van der Waals surface area contributed by atoms with Crippen molar-refractivity contribution >= 4 is 17.2 Å². The zero-order valence-corrected chi connectivity index (χ0v) is 14.4. The average Bonchev–Trinajstić information content (AvgIpc) is 3.23. The smallest absolute Gasteiger partial charge is 0.236 e. The van der Waals surface area contributed by atoms with Gasteiger partial charge >= 0.3 is 0 Å². The molecule has 24 heavy (non-hydrogen) atoms. The number of aryl methyl sites for hydroxylation is 1. The second-order valence-electron chi connectivity index (χ2n) is 5.26. The van der Waals surface area contributed by atoms with Crippen LogP contribution in [-0.4, -0.2) is 18.0 Å². The van der Waals surface area contributed by atoms with Gasteiger partial charge in [0, 0.05) is 12.1 Å². The van der Waals surface area contributed by atoms with Crippen LogP contribution in [0.15, 0.2) is 46.2 Å². The number of oxazole rings is 1. The van der Waals surface area contributed by atoms with Crippen molar-refractivity contribution in [2.75, 3.05) is 7.11 Å². The molecular weight excluding hydrogens is 324 g/mol. The Bertz CT molecular complexity index is 825.